The van der Waals surface area contributed by atoms with Gasteiger partial charge in [-0.15, -0.1) is 11.3 Å². The van der Waals surface area contributed by atoms with E-state index < -0.39 is 0 Å². The van der Waals surface area contributed by atoms with Gasteiger partial charge >= 0.3 is 0 Å². The van der Waals surface area contributed by atoms with E-state index in [-0.39, 0.29) is 17.2 Å². The van der Waals surface area contributed by atoms with Crippen molar-refractivity contribution in [1.82, 2.24) is 9.55 Å². The summed E-state index contributed by atoms with van der Waals surface area (Å²) < 4.78 is 7.29. The molecule has 4 aromatic rings. The Balaban J connectivity index is 1.58. The van der Waals surface area contributed by atoms with Gasteiger partial charge < -0.3 is 10.1 Å². The monoisotopic (exact) mass is 451 g/mol. The third kappa shape index (κ3) is 4.50. The van der Waals surface area contributed by atoms with E-state index in [0.29, 0.717) is 26.8 Å². The van der Waals surface area contributed by atoms with Crippen molar-refractivity contribution in [3.63, 3.8) is 0 Å². The fraction of sp³-hybridized carbons (Fsp3) is 0.174. The zero-order valence-corrected chi connectivity index (χ0v) is 19.0. The van der Waals surface area contributed by atoms with Crippen LogP contribution in [0.4, 0.5) is 5.69 Å². The lowest BCUT2D eigenvalue weighted by atomic mass is 10.1. The van der Waals surface area contributed by atoms with Gasteiger partial charge in [-0.25, -0.2) is 4.98 Å². The number of thiophene rings is 1. The summed E-state index contributed by atoms with van der Waals surface area (Å²) in [6.45, 7) is 2.04. The number of aromatic nitrogens is 2. The number of rotatable bonds is 6. The molecular formula is C23H21N3O3S2. The average Bonchev–Trinajstić information content (AvgIpc) is 3.20. The highest BCUT2D eigenvalue weighted by Crippen LogP contribution is 2.32. The molecule has 0 unspecified atom stereocenters. The van der Waals surface area contributed by atoms with Crippen molar-refractivity contribution in [3.8, 4) is 16.9 Å². The van der Waals surface area contributed by atoms with Crippen LogP contribution in [0.3, 0.4) is 0 Å². The third-order valence-corrected chi connectivity index (χ3v) is 6.79. The molecule has 8 heteroatoms. The summed E-state index contributed by atoms with van der Waals surface area (Å²) in [4.78, 5) is 30.0. The first kappa shape index (κ1) is 21.1. The van der Waals surface area contributed by atoms with Gasteiger partial charge in [0.05, 0.1) is 18.4 Å². The summed E-state index contributed by atoms with van der Waals surface area (Å²) >= 11 is 2.63. The quantitative estimate of drug-likeness (QED) is 0.340. The Labute approximate surface area is 187 Å². The number of anilines is 1. The SMILES string of the molecule is COc1cccc(NC(=O)CSc2nc3c(-c4ccc(C)cc4)csc3c(=O)n2C)c1. The van der Waals surface area contributed by atoms with Gasteiger partial charge in [-0.05, 0) is 24.6 Å². The van der Waals surface area contributed by atoms with Gasteiger partial charge in [0.2, 0.25) is 5.91 Å². The van der Waals surface area contributed by atoms with Gasteiger partial charge in [0.15, 0.2) is 5.16 Å². The summed E-state index contributed by atoms with van der Waals surface area (Å²) in [5.41, 5.74) is 4.34. The molecular weight excluding hydrogens is 430 g/mol. The molecule has 0 saturated carbocycles. The molecule has 0 aliphatic rings. The molecule has 6 nitrogen and oxygen atoms in total. The predicted octanol–water partition coefficient (Wildman–Crippen LogP) is 4.71. The minimum Gasteiger partial charge on any atom is -0.497 e. The molecule has 1 amide bonds. The molecule has 0 bridgehead atoms. The average molecular weight is 452 g/mol. The van der Waals surface area contributed by atoms with Crippen molar-refractivity contribution in [2.45, 2.75) is 12.1 Å². The van der Waals surface area contributed by atoms with Crippen LogP contribution < -0.4 is 15.6 Å². The molecule has 4 rings (SSSR count). The van der Waals surface area contributed by atoms with Crippen LogP contribution in [0, 0.1) is 6.92 Å². The number of amides is 1. The standard InChI is InChI=1S/C23H21N3O3S2/c1-14-7-9-15(10-8-14)18-12-30-21-20(18)25-23(26(2)22(21)28)31-13-19(27)24-16-5-4-6-17(11-16)29-3/h4-12H,13H2,1-3H3,(H,24,27). The topological polar surface area (TPSA) is 73.2 Å². The lowest BCUT2D eigenvalue weighted by Crippen LogP contribution is -2.20. The van der Waals surface area contributed by atoms with E-state index in [1.54, 1.807) is 26.3 Å². The van der Waals surface area contributed by atoms with Crippen LogP contribution in [-0.2, 0) is 11.8 Å². The van der Waals surface area contributed by atoms with Crippen molar-refractivity contribution in [1.29, 1.82) is 0 Å². The second-order valence-electron chi connectivity index (χ2n) is 7.02. The van der Waals surface area contributed by atoms with Gasteiger partial charge in [-0.2, -0.15) is 0 Å². The molecule has 158 valence electrons. The first-order valence-electron chi connectivity index (χ1n) is 9.58. The molecule has 2 heterocycles. The van der Waals surface area contributed by atoms with E-state index in [1.807, 2.05) is 48.7 Å². The highest BCUT2D eigenvalue weighted by atomic mass is 32.2. The lowest BCUT2D eigenvalue weighted by Gasteiger charge is -2.09. The number of hydrogen-bond donors (Lipinski definition) is 1. The van der Waals surface area contributed by atoms with Crippen LogP contribution in [0.25, 0.3) is 21.3 Å². The fourth-order valence-electron chi connectivity index (χ4n) is 3.12. The summed E-state index contributed by atoms with van der Waals surface area (Å²) in [6, 6.07) is 15.3. The van der Waals surface area contributed by atoms with Crippen molar-refractivity contribution >= 4 is 44.9 Å². The summed E-state index contributed by atoms with van der Waals surface area (Å²) in [7, 11) is 3.26. The molecule has 31 heavy (non-hydrogen) atoms. The van der Waals surface area contributed by atoms with Crippen LogP contribution in [0.15, 0.2) is 63.9 Å². The van der Waals surface area contributed by atoms with Crippen molar-refractivity contribution in [2.75, 3.05) is 18.2 Å². The number of fused-ring (bicyclic) bond motifs is 1. The number of thioether (sulfide) groups is 1. The van der Waals surface area contributed by atoms with E-state index in [2.05, 4.69) is 5.32 Å². The summed E-state index contributed by atoms with van der Waals surface area (Å²) in [5, 5.41) is 5.31. The van der Waals surface area contributed by atoms with Gasteiger partial charge in [0.25, 0.3) is 5.56 Å². The molecule has 0 aliphatic heterocycles. The molecule has 0 radical (unpaired) electrons. The minimum absolute atomic E-state index is 0.107. The smallest absolute Gasteiger partial charge is 0.271 e. The predicted molar refractivity (Wildman–Crippen MR) is 127 cm³/mol. The Morgan fingerprint density at radius 3 is 2.74 bits per heavy atom. The first-order valence-corrected chi connectivity index (χ1v) is 11.4. The molecule has 0 spiro atoms. The molecule has 2 aromatic carbocycles. The highest BCUT2D eigenvalue weighted by molar-refractivity contribution is 7.99. The molecule has 0 atom stereocenters. The second kappa shape index (κ2) is 8.95. The molecule has 0 saturated heterocycles. The Morgan fingerprint density at radius 2 is 2.00 bits per heavy atom. The Morgan fingerprint density at radius 1 is 1.23 bits per heavy atom. The number of nitrogens with one attached hydrogen (secondary N) is 1. The van der Waals surface area contributed by atoms with Gasteiger partial charge in [-0.1, -0.05) is 47.7 Å². The summed E-state index contributed by atoms with van der Waals surface area (Å²) in [6.07, 6.45) is 0. The fourth-order valence-corrected chi connectivity index (χ4v) is 4.87. The number of nitrogens with zero attached hydrogens (tertiary/aromatic N) is 2. The third-order valence-electron chi connectivity index (χ3n) is 4.81. The Kier molecular flexibility index (Phi) is 6.11. The number of ether oxygens (including phenoxy) is 1. The van der Waals surface area contributed by atoms with Crippen LogP contribution >= 0.6 is 23.1 Å². The van der Waals surface area contributed by atoms with Gasteiger partial charge in [0.1, 0.15) is 10.4 Å². The summed E-state index contributed by atoms with van der Waals surface area (Å²) in [5.74, 6) is 0.616. The number of carbonyl (C=O) groups excluding carboxylic acids is 1. The maximum atomic E-state index is 12.9. The van der Waals surface area contributed by atoms with Crippen molar-refractivity contribution in [2.24, 2.45) is 7.05 Å². The minimum atomic E-state index is -0.184. The van der Waals surface area contributed by atoms with E-state index in [1.165, 1.54) is 33.2 Å². The molecule has 0 aliphatic carbocycles. The maximum absolute atomic E-state index is 12.9. The van der Waals surface area contributed by atoms with E-state index in [4.69, 9.17) is 9.72 Å². The second-order valence-corrected chi connectivity index (χ2v) is 8.84. The molecule has 1 N–H and O–H groups in total. The Bertz CT molecular complexity index is 1310. The highest BCUT2D eigenvalue weighted by Gasteiger charge is 2.16. The van der Waals surface area contributed by atoms with Crippen LogP contribution in [0.2, 0.25) is 0 Å². The number of hydrogen-bond acceptors (Lipinski definition) is 6. The first-order chi connectivity index (χ1) is 15.0. The van der Waals surface area contributed by atoms with Gasteiger partial charge in [0, 0.05) is 29.7 Å². The lowest BCUT2D eigenvalue weighted by molar-refractivity contribution is -0.113. The van der Waals surface area contributed by atoms with E-state index in [0.717, 1.165) is 11.1 Å². The number of benzene rings is 2. The number of carbonyl (C=O) groups is 1. The van der Waals surface area contributed by atoms with Crippen LogP contribution in [0.5, 0.6) is 5.75 Å². The van der Waals surface area contributed by atoms with Crippen LogP contribution in [0.1, 0.15) is 5.56 Å². The van der Waals surface area contributed by atoms with Crippen molar-refractivity contribution < 1.29 is 9.53 Å². The zero-order valence-electron chi connectivity index (χ0n) is 17.3. The molecule has 0 fully saturated rings. The number of aryl methyl sites for hydroxylation is 1. The largest absolute Gasteiger partial charge is 0.497 e. The molecule has 2 aromatic heterocycles. The van der Waals surface area contributed by atoms with Crippen LogP contribution in [-0.4, -0.2) is 28.3 Å². The Hall–Kier alpha value is -3.10. The normalized spacial score (nSPS) is 10.9. The van der Waals surface area contributed by atoms with Gasteiger partial charge in [-0.3, -0.25) is 14.2 Å². The van der Waals surface area contributed by atoms with Crippen molar-refractivity contribution in [3.05, 3.63) is 69.8 Å². The zero-order chi connectivity index (χ0) is 22.0. The number of methoxy groups -OCH3 is 1. The van der Waals surface area contributed by atoms with E-state index >= 15 is 0 Å². The maximum Gasteiger partial charge on any atom is 0.271 e. The van der Waals surface area contributed by atoms with E-state index in [9.17, 15) is 9.59 Å².